The fourth-order valence-corrected chi connectivity index (χ4v) is 4.10. The van der Waals surface area contributed by atoms with Crippen LogP contribution in [0.15, 0.2) is 47.6 Å². The Morgan fingerprint density at radius 3 is 2.55 bits per heavy atom. The van der Waals surface area contributed by atoms with Gasteiger partial charge in [-0.05, 0) is 35.2 Å². The number of aromatic nitrogens is 3. The Kier molecular flexibility index (Phi) is 5.70. The van der Waals surface area contributed by atoms with E-state index >= 15 is 0 Å². The van der Waals surface area contributed by atoms with Gasteiger partial charge in [-0.15, -0.1) is 10.2 Å². The molecule has 0 spiro atoms. The number of amides is 1. The Labute approximate surface area is 183 Å². The largest absolute Gasteiger partial charge is 0.482 e. The molecule has 0 aliphatic carbocycles. The zero-order valence-corrected chi connectivity index (χ0v) is 18.2. The molecule has 0 N–H and O–H groups in total. The SMILES string of the molecule is CC(C)(C)c1ccc(C(=O)N2CCSc3nnc(COc4ccc(F)cc4F)n32)cc1. The molecule has 0 fully saturated rings. The van der Waals surface area contributed by atoms with Crippen LogP contribution in [-0.4, -0.2) is 33.1 Å². The molecule has 2 aromatic carbocycles. The van der Waals surface area contributed by atoms with Crippen molar-refractivity contribution >= 4 is 17.7 Å². The van der Waals surface area contributed by atoms with Crippen molar-refractivity contribution < 1.29 is 18.3 Å². The number of carbonyl (C=O) groups is 1. The molecule has 2 heterocycles. The Morgan fingerprint density at radius 1 is 1.13 bits per heavy atom. The van der Waals surface area contributed by atoms with Crippen molar-refractivity contribution in [3.8, 4) is 5.75 Å². The van der Waals surface area contributed by atoms with Crippen LogP contribution >= 0.6 is 11.8 Å². The lowest BCUT2D eigenvalue weighted by Gasteiger charge is -2.29. The van der Waals surface area contributed by atoms with E-state index in [-0.39, 0.29) is 23.7 Å². The molecule has 3 aromatic rings. The minimum absolute atomic E-state index is 0.00901. The van der Waals surface area contributed by atoms with Gasteiger partial charge in [0.1, 0.15) is 12.4 Å². The average Bonchev–Trinajstić information content (AvgIpc) is 3.15. The van der Waals surface area contributed by atoms with Crippen molar-refractivity contribution in [2.45, 2.75) is 37.9 Å². The number of carbonyl (C=O) groups excluding carboxylic acids is 1. The minimum Gasteiger partial charge on any atom is -0.482 e. The van der Waals surface area contributed by atoms with Gasteiger partial charge in [0.25, 0.3) is 5.91 Å². The van der Waals surface area contributed by atoms with Crippen molar-refractivity contribution in [2.24, 2.45) is 0 Å². The van der Waals surface area contributed by atoms with Crippen LogP contribution in [0.2, 0.25) is 0 Å². The fraction of sp³-hybridized carbons (Fsp3) is 0.318. The van der Waals surface area contributed by atoms with Gasteiger partial charge in [0, 0.05) is 17.4 Å². The van der Waals surface area contributed by atoms with Gasteiger partial charge in [-0.1, -0.05) is 44.7 Å². The summed E-state index contributed by atoms with van der Waals surface area (Å²) < 4.78 is 34.1. The average molecular weight is 445 g/mol. The minimum atomic E-state index is -0.806. The van der Waals surface area contributed by atoms with Crippen LogP contribution in [0.3, 0.4) is 0 Å². The topological polar surface area (TPSA) is 60.3 Å². The van der Waals surface area contributed by atoms with E-state index in [2.05, 4.69) is 31.0 Å². The third-order valence-electron chi connectivity index (χ3n) is 4.94. The summed E-state index contributed by atoms with van der Waals surface area (Å²) in [6.07, 6.45) is 0. The van der Waals surface area contributed by atoms with Crippen molar-refractivity contribution in [3.63, 3.8) is 0 Å². The zero-order chi connectivity index (χ0) is 22.2. The van der Waals surface area contributed by atoms with Crippen LogP contribution in [0.5, 0.6) is 5.75 Å². The van der Waals surface area contributed by atoms with Crippen molar-refractivity contribution in [1.82, 2.24) is 14.9 Å². The van der Waals surface area contributed by atoms with Crippen LogP contribution in [0.4, 0.5) is 8.78 Å². The number of hydrogen-bond donors (Lipinski definition) is 0. The van der Waals surface area contributed by atoms with Gasteiger partial charge in [-0.2, -0.15) is 0 Å². The van der Waals surface area contributed by atoms with Crippen LogP contribution in [-0.2, 0) is 12.0 Å². The highest BCUT2D eigenvalue weighted by molar-refractivity contribution is 7.99. The summed E-state index contributed by atoms with van der Waals surface area (Å²) >= 11 is 1.47. The molecule has 9 heteroatoms. The van der Waals surface area contributed by atoms with E-state index in [1.807, 2.05) is 24.3 Å². The van der Waals surface area contributed by atoms with Crippen LogP contribution < -0.4 is 9.75 Å². The first-order chi connectivity index (χ1) is 14.7. The molecule has 0 bridgehead atoms. The predicted octanol–water partition coefficient (Wildman–Crippen LogP) is 4.32. The first-order valence-corrected chi connectivity index (χ1v) is 10.8. The number of thioether (sulfide) groups is 1. The molecule has 0 atom stereocenters. The Morgan fingerprint density at radius 2 is 1.87 bits per heavy atom. The lowest BCUT2D eigenvalue weighted by Crippen LogP contribution is -2.45. The van der Waals surface area contributed by atoms with Gasteiger partial charge in [0.05, 0.1) is 6.54 Å². The second-order valence-corrected chi connectivity index (χ2v) is 9.24. The molecule has 0 unspecified atom stereocenters. The monoisotopic (exact) mass is 444 g/mol. The molecule has 1 aliphatic rings. The number of halogens is 2. The number of fused-ring (bicyclic) bond motifs is 1. The first-order valence-electron chi connectivity index (χ1n) is 9.81. The van der Waals surface area contributed by atoms with E-state index in [0.717, 1.165) is 17.7 Å². The Bertz CT molecular complexity index is 1110. The van der Waals surface area contributed by atoms with Gasteiger partial charge in [-0.3, -0.25) is 4.79 Å². The van der Waals surface area contributed by atoms with Crippen LogP contribution in [0.1, 0.15) is 42.5 Å². The van der Waals surface area contributed by atoms with E-state index < -0.39 is 11.6 Å². The Balaban J connectivity index is 1.57. The standard InChI is InChI=1S/C22H22F2N4O2S/c1-22(2,3)15-6-4-14(5-7-15)20(29)27-10-11-31-21-26-25-19(28(21)27)13-30-18-9-8-16(23)12-17(18)24/h4-9,12H,10-11,13H2,1-3H3. The van der Waals surface area contributed by atoms with Gasteiger partial charge in [0.15, 0.2) is 17.4 Å². The molecule has 6 nitrogen and oxygen atoms in total. The van der Waals surface area contributed by atoms with Gasteiger partial charge < -0.3 is 4.74 Å². The predicted molar refractivity (Wildman–Crippen MR) is 114 cm³/mol. The maximum Gasteiger partial charge on any atom is 0.272 e. The molecule has 0 saturated carbocycles. The molecule has 1 amide bonds. The summed E-state index contributed by atoms with van der Waals surface area (Å²) in [4.78, 5) is 13.2. The maximum atomic E-state index is 13.9. The van der Waals surface area contributed by atoms with Crippen molar-refractivity contribution in [2.75, 3.05) is 17.3 Å². The third-order valence-corrected chi connectivity index (χ3v) is 5.83. The number of ether oxygens (including phenoxy) is 1. The highest BCUT2D eigenvalue weighted by atomic mass is 32.2. The summed E-state index contributed by atoms with van der Waals surface area (Å²) in [5.41, 5.74) is 1.68. The lowest BCUT2D eigenvalue weighted by atomic mass is 9.86. The molecule has 1 aromatic heterocycles. The summed E-state index contributed by atoms with van der Waals surface area (Å²) in [6.45, 7) is 6.69. The lowest BCUT2D eigenvalue weighted by molar-refractivity contribution is 0.0952. The first kappa shape index (κ1) is 21.3. The quantitative estimate of drug-likeness (QED) is 0.600. The van der Waals surface area contributed by atoms with Crippen LogP contribution in [0, 0.1) is 11.6 Å². The molecular weight excluding hydrogens is 422 g/mol. The molecule has 0 radical (unpaired) electrons. The molecule has 31 heavy (non-hydrogen) atoms. The number of hydrogen-bond acceptors (Lipinski definition) is 5. The molecule has 0 saturated heterocycles. The van der Waals surface area contributed by atoms with Gasteiger partial charge in [-0.25, -0.2) is 18.5 Å². The van der Waals surface area contributed by atoms with E-state index in [1.54, 1.807) is 9.69 Å². The summed E-state index contributed by atoms with van der Waals surface area (Å²) in [7, 11) is 0. The molecular formula is C22H22F2N4O2S. The fourth-order valence-electron chi connectivity index (χ4n) is 3.23. The van der Waals surface area contributed by atoms with E-state index in [1.165, 1.54) is 17.8 Å². The summed E-state index contributed by atoms with van der Waals surface area (Å²) in [5, 5.41) is 10.4. The molecule has 4 rings (SSSR count). The van der Waals surface area contributed by atoms with E-state index in [0.29, 0.717) is 28.8 Å². The second-order valence-electron chi connectivity index (χ2n) is 8.18. The Hall–Kier alpha value is -2.94. The maximum absolute atomic E-state index is 13.9. The van der Waals surface area contributed by atoms with Crippen LogP contribution in [0.25, 0.3) is 0 Å². The summed E-state index contributed by atoms with van der Waals surface area (Å²) in [6, 6.07) is 10.6. The van der Waals surface area contributed by atoms with Gasteiger partial charge in [0.2, 0.25) is 5.16 Å². The zero-order valence-electron chi connectivity index (χ0n) is 17.4. The number of rotatable bonds is 4. The normalized spacial score (nSPS) is 13.8. The van der Waals surface area contributed by atoms with Crippen molar-refractivity contribution in [1.29, 1.82) is 0 Å². The summed E-state index contributed by atoms with van der Waals surface area (Å²) in [5.74, 6) is -0.744. The molecule has 1 aliphatic heterocycles. The number of benzene rings is 2. The van der Waals surface area contributed by atoms with Crippen molar-refractivity contribution in [3.05, 3.63) is 71.1 Å². The van der Waals surface area contributed by atoms with E-state index in [9.17, 15) is 13.6 Å². The highest BCUT2D eigenvalue weighted by Crippen LogP contribution is 2.26. The number of nitrogens with zero attached hydrogens (tertiary/aromatic N) is 4. The second kappa shape index (κ2) is 8.30. The third kappa shape index (κ3) is 4.41. The van der Waals surface area contributed by atoms with E-state index in [4.69, 9.17) is 4.74 Å². The highest BCUT2D eigenvalue weighted by Gasteiger charge is 2.29. The molecule has 162 valence electrons. The smallest absolute Gasteiger partial charge is 0.272 e. The van der Waals surface area contributed by atoms with Gasteiger partial charge >= 0.3 is 0 Å².